The quantitative estimate of drug-likeness (QED) is 0.670. The molecule has 17 heavy (non-hydrogen) atoms. The summed E-state index contributed by atoms with van der Waals surface area (Å²) in [5.41, 5.74) is 1.90. The maximum atomic E-state index is 5.27. The molecule has 90 valence electrons. The first-order valence-corrected chi connectivity index (χ1v) is 5.57. The zero-order valence-electron chi connectivity index (χ0n) is 9.82. The number of H-pyrrole nitrogens is 1. The molecule has 0 bridgehead atoms. The number of benzene rings is 1. The molecule has 0 amide bonds. The zero-order chi connectivity index (χ0) is 12.4. The van der Waals surface area contributed by atoms with Gasteiger partial charge in [0.25, 0.3) is 0 Å². The summed E-state index contributed by atoms with van der Waals surface area (Å²) in [7, 11) is 3.22. The van der Waals surface area contributed by atoms with Crippen LogP contribution in [0, 0.1) is 4.77 Å². The van der Waals surface area contributed by atoms with Crippen LogP contribution in [0.25, 0.3) is 11.0 Å². The third kappa shape index (κ3) is 1.93. The van der Waals surface area contributed by atoms with Crippen molar-refractivity contribution in [3.05, 3.63) is 29.6 Å². The summed E-state index contributed by atoms with van der Waals surface area (Å²) < 4.78 is 13.1. The fourth-order valence-corrected chi connectivity index (χ4v) is 2.08. The van der Waals surface area contributed by atoms with Crippen LogP contribution in [0.3, 0.4) is 0 Å². The van der Waals surface area contributed by atoms with Crippen molar-refractivity contribution in [2.45, 2.75) is 6.54 Å². The van der Waals surface area contributed by atoms with Gasteiger partial charge in [0, 0.05) is 18.7 Å². The number of fused-ring (bicyclic) bond motifs is 1. The van der Waals surface area contributed by atoms with Crippen LogP contribution in [0.5, 0.6) is 11.5 Å². The fraction of sp³-hybridized carbons (Fsp3) is 0.250. The Kier molecular flexibility index (Phi) is 3.19. The first-order chi connectivity index (χ1) is 8.21. The molecule has 0 spiro atoms. The van der Waals surface area contributed by atoms with E-state index in [1.54, 1.807) is 20.3 Å². The van der Waals surface area contributed by atoms with Gasteiger partial charge in [-0.05, 0) is 12.2 Å². The molecule has 0 aliphatic rings. The molecule has 2 aromatic rings. The van der Waals surface area contributed by atoms with Crippen LogP contribution >= 0.6 is 12.2 Å². The second-order valence-corrected chi connectivity index (χ2v) is 3.94. The molecule has 1 aromatic carbocycles. The number of hydrogen-bond acceptors (Lipinski definition) is 3. The van der Waals surface area contributed by atoms with Crippen LogP contribution in [-0.2, 0) is 6.54 Å². The Bertz CT molecular complexity index is 613. The highest BCUT2D eigenvalue weighted by molar-refractivity contribution is 7.71. The fourth-order valence-electron chi connectivity index (χ4n) is 1.79. The van der Waals surface area contributed by atoms with Gasteiger partial charge in [-0.1, -0.05) is 6.08 Å². The number of aromatic amines is 1. The molecular formula is C12H14N2O2S. The highest BCUT2D eigenvalue weighted by atomic mass is 32.1. The van der Waals surface area contributed by atoms with Gasteiger partial charge in [-0.15, -0.1) is 6.58 Å². The van der Waals surface area contributed by atoms with Crippen molar-refractivity contribution in [2.75, 3.05) is 14.2 Å². The lowest BCUT2D eigenvalue weighted by Crippen LogP contribution is -1.95. The number of rotatable bonds is 4. The first-order valence-electron chi connectivity index (χ1n) is 5.16. The van der Waals surface area contributed by atoms with E-state index in [0.717, 1.165) is 11.0 Å². The van der Waals surface area contributed by atoms with Gasteiger partial charge < -0.3 is 19.0 Å². The maximum absolute atomic E-state index is 5.27. The lowest BCUT2D eigenvalue weighted by atomic mass is 10.2. The molecule has 1 N–H and O–H groups in total. The van der Waals surface area contributed by atoms with Crippen LogP contribution in [0.1, 0.15) is 0 Å². The van der Waals surface area contributed by atoms with Crippen LogP contribution in [0.4, 0.5) is 0 Å². The van der Waals surface area contributed by atoms with Crippen molar-refractivity contribution >= 4 is 23.3 Å². The Labute approximate surface area is 104 Å². The Hall–Kier alpha value is -1.75. The summed E-state index contributed by atoms with van der Waals surface area (Å²) in [6.45, 7) is 4.38. The van der Waals surface area contributed by atoms with E-state index in [2.05, 4.69) is 11.6 Å². The largest absolute Gasteiger partial charge is 0.493 e. The molecule has 0 aliphatic carbocycles. The van der Waals surface area contributed by atoms with Crippen molar-refractivity contribution in [1.29, 1.82) is 0 Å². The molecule has 0 atom stereocenters. The minimum Gasteiger partial charge on any atom is -0.493 e. The number of hydrogen-bond donors (Lipinski definition) is 1. The van der Waals surface area contributed by atoms with Gasteiger partial charge in [-0.25, -0.2) is 0 Å². The SMILES string of the molecule is C=CCn1c(=S)[nH]c2cc(OC)c(OC)cc21. The minimum atomic E-state index is 0.661. The number of nitrogens with one attached hydrogen (secondary N) is 1. The number of imidazole rings is 1. The van der Waals surface area contributed by atoms with Crippen molar-refractivity contribution in [3.63, 3.8) is 0 Å². The van der Waals surface area contributed by atoms with Crippen LogP contribution in [0.2, 0.25) is 0 Å². The van der Waals surface area contributed by atoms with Crippen LogP contribution in [0.15, 0.2) is 24.8 Å². The van der Waals surface area contributed by atoms with Crippen molar-refractivity contribution in [2.24, 2.45) is 0 Å². The van der Waals surface area contributed by atoms with Crippen molar-refractivity contribution in [3.8, 4) is 11.5 Å². The molecule has 1 heterocycles. The van der Waals surface area contributed by atoms with Gasteiger partial charge in [0.05, 0.1) is 25.3 Å². The number of ether oxygens (including phenoxy) is 2. The Balaban J connectivity index is 2.74. The smallest absolute Gasteiger partial charge is 0.178 e. The lowest BCUT2D eigenvalue weighted by Gasteiger charge is -2.08. The van der Waals surface area contributed by atoms with Gasteiger partial charge in [-0.2, -0.15) is 0 Å². The van der Waals surface area contributed by atoms with Crippen LogP contribution in [-0.4, -0.2) is 23.8 Å². The van der Waals surface area contributed by atoms with Gasteiger partial charge >= 0.3 is 0 Å². The number of nitrogens with zero attached hydrogens (tertiary/aromatic N) is 1. The van der Waals surface area contributed by atoms with E-state index in [1.165, 1.54) is 0 Å². The molecule has 4 nitrogen and oxygen atoms in total. The van der Waals surface area contributed by atoms with E-state index in [4.69, 9.17) is 21.7 Å². The van der Waals surface area contributed by atoms with E-state index < -0.39 is 0 Å². The molecule has 0 fully saturated rings. The molecule has 1 aromatic heterocycles. The molecule has 0 radical (unpaired) electrons. The Morgan fingerprint density at radius 3 is 2.59 bits per heavy atom. The number of aromatic nitrogens is 2. The predicted molar refractivity (Wildman–Crippen MR) is 70.4 cm³/mol. The van der Waals surface area contributed by atoms with E-state index in [9.17, 15) is 0 Å². The van der Waals surface area contributed by atoms with Gasteiger partial charge in [0.2, 0.25) is 0 Å². The van der Waals surface area contributed by atoms with Crippen LogP contribution < -0.4 is 9.47 Å². The second kappa shape index (κ2) is 4.63. The molecule has 0 unspecified atom stereocenters. The summed E-state index contributed by atoms with van der Waals surface area (Å²) in [5.74, 6) is 1.37. The summed E-state index contributed by atoms with van der Waals surface area (Å²) in [6, 6.07) is 3.79. The van der Waals surface area contributed by atoms with E-state index >= 15 is 0 Å². The normalized spacial score (nSPS) is 10.5. The average Bonchev–Trinajstić information content (AvgIpc) is 2.64. The Morgan fingerprint density at radius 2 is 2.00 bits per heavy atom. The topological polar surface area (TPSA) is 39.2 Å². The van der Waals surface area contributed by atoms with Gasteiger partial charge in [0.1, 0.15) is 0 Å². The van der Waals surface area contributed by atoms with E-state index in [0.29, 0.717) is 22.8 Å². The molecular weight excluding hydrogens is 236 g/mol. The highest BCUT2D eigenvalue weighted by Gasteiger charge is 2.10. The summed E-state index contributed by atoms with van der Waals surface area (Å²) >= 11 is 5.26. The van der Waals surface area contributed by atoms with E-state index in [1.807, 2.05) is 16.7 Å². The zero-order valence-corrected chi connectivity index (χ0v) is 10.6. The van der Waals surface area contributed by atoms with Crippen molar-refractivity contribution < 1.29 is 9.47 Å². The number of methoxy groups -OCH3 is 2. The maximum Gasteiger partial charge on any atom is 0.178 e. The number of allylic oxidation sites excluding steroid dienone is 1. The molecule has 0 saturated carbocycles. The summed E-state index contributed by atoms with van der Waals surface area (Å²) in [5, 5.41) is 0. The summed E-state index contributed by atoms with van der Waals surface area (Å²) in [4.78, 5) is 3.13. The third-order valence-electron chi connectivity index (χ3n) is 2.59. The van der Waals surface area contributed by atoms with Crippen molar-refractivity contribution in [1.82, 2.24) is 9.55 Å². The highest BCUT2D eigenvalue weighted by Crippen LogP contribution is 2.31. The van der Waals surface area contributed by atoms with Gasteiger partial charge in [0.15, 0.2) is 16.3 Å². The monoisotopic (exact) mass is 250 g/mol. The van der Waals surface area contributed by atoms with E-state index in [-0.39, 0.29) is 0 Å². The first kappa shape index (κ1) is 11.7. The summed E-state index contributed by atoms with van der Waals surface area (Å²) in [6.07, 6.45) is 1.81. The minimum absolute atomic E-state index is 0.661. The second-order valence-electron chi connectivity index (χ2n) is 3.55. The Morgan fingerprint density at radius 1 is 1.35 bits per heavy atom. The molecule has 2 rings (SSSR count). The molecule has 0 aliphatic heterocycles. The lowest BCUT2D eigenvalue weighted by molar-refractivity contribution is 0.355. The third-order valence-corrected chi connectivity index (χ3v) is 2.91. The molecule has 0 saturated heterocycles. The van der Waals surface area contributed by atoms with Gasteiger partial charge in [-0.3, -0.25) is 0 Å². The molecule has 5 heteroatoms. The standard InChI is InChI=1S/C12H14N2O2S/c1-4-5-14-9-7-11(16-3)10(15-2)6-8(9)13-12(14)17/h4,6-7H,1,5H2,2-3H3,(H,13,17). The predicted octanol–water partition coefficient (Wildman–Crippen LogP) is 2.90. The average molecular weight is 250 g/mol.